The van der Waals surface area contributed by atoms with Crippen LogP contribution < -0.4 is 10.1 Å². The van der Waals surface area contributed by atoms with Crippen molar-refractivity contribution in [3.63, 3.8) is 0 Å². The van der Waals surface area contributed by atoms with E-state index in [-0.39, 0.29) is 12.3 Å². The second-order valence-electron chi connectivity index (χ2n) is 9.01. The average Bonchev–Trinajstić information content (AvgIpc) is 3.30. The van der Waals surface area contributed by atoms with Gasteiger partial charge in [-0.3, -0.25) is 9.59 Å². The van der Waals surface area contributed by atoms with Gasteiger partial charge in [0.05, 0.1) is 19.6 Å². The van der Waals surface area contributed by atoms with Crippen LogP contribution in [0.25, 0.3) is 0 Å². The lowest BCUT2D eigenvalue weighted by atomic mass is 10.0. The number of carbonyl (C=O) groups excluding carboxylic acids is 1. The summed E-state index contributed by atoms with van der Waals surface area (Å²) in [5, 5.41) is 12.9. The van der Waals surface area contributed by atoms with Gasteiger partial charge in [0.25, 0.3) is 5.91 Å². The number of rotatable bonds is 8. The number of nitrogens with zero attached hydrogens (tertiary/aromatic N) is 4. The Morgan fingerprint density at radius 2 is 2.11 bits per heavy atom. The van der Waals surface area contributed by atoms with Crippen LogP contribution in [0.15, 0.2) is 42.7 Å². The molecule has 5 heterocycles. The van der Waals surface area contributed by atoms with Crippen molar-refractivity contribution >= 4 is 17.7 Å². The number of nitrogens with one attached hydrogen (secondary N) is 1. The minimum absolute atomic E-state index is 0.166. The largest absolute Gasteiger partial charge is 0.481 e. The smallest absolute Gasteiger partial charge is 0.305 e. The Labute approximate surface area is 203 Å². The van der Waals surface area contributed by atoms with Gasteiger partial charge in [0.1, 0.15) is 11.5 Å². The van der Waals surface area contributed by atoms with Crippen molar-refractivity contribution in [2.75, 3.05) is 25.5 Å². The molecule has 182 valence electrons. The van der Waals surface area contributed by atoms with Crippen molar-refractivity contribution in [1.82, 2.24) is 19.4 Å². The highest BCUT2D eigenvalue weighted by atomic mass is 16.5. The van der Waals surface area contributed by atoms with Crippen molar-refractivity contribution in [2.24, 2.45) is 0 Å². The van der Waals surface area contributed by atoms with E-state index < -0.39 is 12.0 Å². The first-order valence-electron chi connectivity index (χ1n) is 12.0. The third-order valence-corrected chi connectivity index (χ3v) is 6.73. The monoisotopic (exact) mass is 475 g/mol. The fourth-order valence-corrected chi connectivity index (χ4v) is 4.90. The van der Waals surface area contributed by atoms with Crippen LogP contribution in [0.4, 0.5) is 5.82 Å². The van der Waals surface area contributed by atoms with E-state index in [0.29, 0.717) is 30.2 Å². The lowest BCUT2D eigenvalue weighted by Gasteiger charge is -2.34. The molecule has 0 radical (unpaired) electrons. The van der Waals surface area contributed by atoms with Crippen LogP contribution in [-0.2, 0) is 30.6 Å². The van der Waals surface area contributed by atoms with Crippen molar-refractivity contribution in [3.05, 3.63) is 70.8 Å². The Kier molecular flexibility index (Phi) is 6.39. The van der Waals surface area contributed by atoms with Gasteiger partial charge in [-0.05, 0) is 54.5 Å². The molecule has 35 heavy (non-hydrogen) atoms. The summed E-state index contributed by atoms with van der Waals surface area (Å²) >= 11 is 0. The predicted octanol–water partition coefficient (Wildman–Crippen LogP) is 3.10. The minimum Gasteiger partial charge on any atom is -0.481 e. The molecular formula is C26H29N5O4. The van der Waals surface area contributed by atoms with Crippen LogP contribution in [0, 0.1) is 0 Å². The summed E-state index contributed by atoms with van der Waals surface area (Å²) in [4.78, 5) is 35.7. The average molecular weight is 476 g/mol. The van der Waals surface area contributed by atoms with Crippen LogP contribution in [0.5, 0.6) is 5.88 Å². The number of carboxylic acid groups (broad SMARTS) is 1. The molecule has 0 spiro atoms. The summed E-state index contributed by atoms with van der Waals surface area (Å²) in [6.07, 6.45) is 7.19. The van der Waals surface area contributed by atoms with E-state index in [9.17, 15) is 14.7 Å². The van der Waals surface area contributed by atoms with Crippen molar-refractivity contribution in [3.8, 4) is 5.88 Å². The van der Waals surface area contributed by atoms with Gasteiger partial charge in [-0.15, -0.1) is 0 Å². The van der Waals surface area contributed by atoms with Crippen LogP contribution in [0.1, 0.15) is 51.8 Å². The van der Waals surface area contributed by atoms with Crippen LogP contribution in [0.2, 0.25) is 0 Å². The van der Waals surface area contributed by atoms with Crippen LogP contribution in [0.3, 0.4) is 0 Å². The number of amides is 1. The molecule has 9 heteroatoms. The molecule has 2 aliphatic rings. The van der Waals surface area contributed by atoms with Crippen molar-refractivity contribution in [1.29, 1.82) is 0 Å². The highest BCUT2D eigenvalue weighted by molar-refractivity contribution is 5.94. The summed E-state index contributed by atoms with van der Waals surface area (Å²) in [5.41, 5.74) is 4.64. The summed E-state index contributed by atoms with van der Waals surface area (Å²) in [5.74, 6) is 0.303. The maximum Gasteiger partial charge on any atom is 0.305 e. The lowest BCUT2D eigenvalue weighted by Crippen LogP contribution is -2.43. The molecule has 1 amide bonds. The third kappa shape index (κ3) is 4.84. The van der Waals surface area contributed by atoms with E-state index in [2.05, 4.69) is 22.4 Å². The molecule has 0 saturated carbocycles. The number of ether oxygens (including phenoxy) is 1. The molecule has 3 aromatic heterocycles. The predicted molar refractivity (Wildman–Crippen MR) is 130 cm³/mol. The first-order valence-corrected chi connectivity index (χ1v) is 12.0. The van der Waals surface area contributed by atoms with E-state index in [1.807, 2.05) is 16.8 Å². The van der Waals surface area contributed by atoms with Gasteiger partial charge in [-0.25, -0.2) is 9.97 Å². The van der Waals surface area contributed by atoms with Gasteiger partial charge in [-0.1, -0.05) is 12.1 Å². The number of aryl methyl sites for hydroxylation is 3. The SMILES string of the molecule is COc1ccc([C@H](CC(=O)O)N2CCn3cc(CCc4ccc5c(n4)NCCC5)cc3C2=O)cn1. The molecule has 2 aliphatic heterocycles. The molecular weight excluding hydrogens is 446 g/mol. The molecule has 0 aromatic carbocycles. The van der Waals surface area contributed by atoms with Crippen LogP contribution >= 0.6 is 0 Å². The fourth-order valence-electron chi connectivity index (χ4n) is 4.90. The second kappa shape index (κ2) is 9.77. The van der Waals surface area contributed by atoms with Gasteiger partial charge < -0.3 is 24.6 Å². The van der Waals surface area contributed by atoms with Crippen molar-refractivity contribution < 1.29 is 19.4 Å². The number of methoxy groups -OCH3 is 1. The first-order chi connectivity index (χ1) is 17.0. The summed E-state index contributed by atoms with van der Waals surface area (Å²) in [6.45, 7) is 2.01. The Balaban J connectivity index is 1.32. The Bertz CT molecular complexity index is 1240. The van der Waals surface area contributed by atoms with Crippen LogP contribution in [-0.4, -0.2) is 56.6 Å². The Morgan fingerprint density at radius 3 is 2.89 bits per heavy atom. The number of fused-ring (bicyclic) bond motifs is 2. The van der Waals surface area contributed by atoms with Gasteiger partial charge in [0.15, 0.2) is 0 Å². The molecule has 0 aliphatic carbocycles. The van der Waals surface area contributed by atoms with E-state index in [1.54, 1.807) is 23.2 Å². The normalized spacial score (nSPS) is 15.7. The van der Waals surface area contributed by atoms with E-state index >= 15 is 0 Å². The van der Waals surface area contributed by atoms with Crippen molar-refractivity contribution in [2.45, 2.75) is 44.7 Å². The number of aromatic nitrogens is 3. The Morgan fingerprint density at radius 1 is 1.23 bits per heavy atom. The highest BCUT2D eigenvalue weighted by Crippen LogP contribution is 2.30. The van der Waals surface area contributed by atoms with E-state index in [0.717, 1.165) is 49.3 Å². The van der Waals surface area contributed by atoms with Gasteiger partial charge in [0, 0.05) is 43.8 Å². The number of carboxylic acids is 1. The maximum absolute atomic E-state index is 13.4. The zero-order valence-corrected chi connectivity index (χ0v) is 19.7. The Hall–Kier alpha value is -3.88. The molecule has 5 rings (SSSR count). The number of aliphatic carboxylic acids is 1. The molecule has 0 unspecified atom stereocenters. The van der Waals surface area contributed by atoms with Gasteiger partial charge in [0.2, 0.25) is 5.88 Å². The molecule has 0 fully saturated rings. The van der Waals surface area contributed by atoms with E-state index in [4.69, 9.17) is 9.72 Å². The van der Waals surface area contributed by atoms with Gasteiger partial charge >= 0.3 is 5.97 Å². The number of pyridine rings is 2. The third-order valence-electron chi connectivity index (χ3n) is 6.73. The fraction of sp³-hybridized carbons (Fsp3) is 0.385. The second-order valence-corrected chi connectivity index (χ2v) is 9.01. The van der Waals surface area contributed by atoms with Gasteiger partial charge in [-0.2, -0.15) is 0 Å². The molecule has 9 nitrogen and oxygen atoms in total. The zero-order valence-electron chi connectivity index (χ0n) is 19.7. The molecule has 0 saturated heterocycles. The molecule has 2 N–H and O–H groups in total. The molecule has 1 atom stereocenters. The highest BCUT2D eigenvalue weighted by Gasteiger charge is 2.33. The standard InChI is InChI=1S/C26H29N5O4/c1-35-23-9-6-19(15-28-23)21(14-24(32)33)31-12-11-30-16-17(13-22(30)26(31)34)4-7-20-8-5-18-3-2-10-27-25(18)29-20/h5-6,8-9,13,15-16,21H,2-4,7,10-12,14H2,1H3,(H,27,29)(H,32,33)/t21-/m0/s1. The topological polar surface area (TPSA) is 110 Å². The number of hydrogen-bond acceptors (Lipinski definition) is 6. The quantitative estimate of drug-likeness (QED) is 0.515. The zero-order chi connectivity index (χ0) is 24.4. The van der Waals surface area contributed by atoms with E-state index in [1.165, 1.54) is 12.7 Å². The number of hydrogen-bond donors (Lipinski definition) is 2. The lowest BCUT2D eigenvalue weighted by molar-refractivity contribution is -0.138. The first kappa shape index (κ1) is 22.9. The minimum atomic E-state index is -0.965. The summed E-state index contributed by atoms with van der Waals surface area (Å²) in [6, 6.07) is 9.03. The number of carbonyl (C=O) groups is 2. The maximum atomic E-state index is 13.4. The molecule has 0 bridgehead atoms. The summed E-state index contributed by atoms with van der Waals surface area (Å²) in [7, 11) is 1.52. The molecule has 3 aromatic rings. The number of anilines is 1. The summed E-state index contributed by atoms with van der Waals surface area (Å²) < 4.78 is 7.08.